The molecule has 0 fully saturated rings. The maximum Gasteiger partial charge on any atom is 0.253 e. The summed E-state index contributed by atoms with van der Waals surface area (Å²) >= 11 is 0. The van der Waals surface area contributed by atoms with Gasteiger partial charge in [-0.1, -0.05) is 23.4 Å². The number of amides is 1. The standard InChI is InChI=1S/C27H30N4O3/c1-17-9-7-8-10-26(17)31-20(4)24(18(2)28-31)15-30(6)27(32)22-11-13-23(14-12-22)33-16-25-19(3)29-34-21(25)5/h7-14H,15-16H2,1-6H3. The van der Waals surface area contributed by atoms with Gasteiger partial charge in [-0.3, -0.25) is 4.79 Å². The van der Waals surface area contributed by atoms with Crippen molar-refractivity contribution in [1.82, 2.24) is 19.8 Å². The Labute approximate surface area is 199 Å². The molecule has 0 saturated heterocycles. The SMILES string of the molecule is Cc1ccccc1-n1nc(C)c(CN(C)C(=O)c2ccc(OCc3c(C)noc3C)cc2)c1C. The van der Waals surface area contributed by atoms with E-state index in [1.54, 1.807) is 17.0 Å². The predicted molar refractivity (Wildman–Crippen MR) is 130 cm³/mol. The largest absolute Gasteiger partial charge is 0.489 e. The van der Waals surface area contributed by atoms with Crippen LogP contribution in [0.5, 0.6) is 5.75 Å². The molecule has 7 nitrogen and oxygen atoms in total. The number of aromatic nitrogens is 3. The van der Waals surface area contributed by atoms with E-state index < -0.39 is 0 Å². The van der Waals surface area contributed by atoms with Crippen LogP contribution in [0.1, 0.15) is 49.9 Å². The van der Waals surface area contributed by atoms with E-state index in [1.165, 1.54) is 0 Å². The predicted octanol–water partition coefficient (Wildman–Crippen LogP) is 5.25. The van der Waals surface area contributed by atoms with Crippen molar-refractivity contribution in [2.45, 2.75) is 47.8 Å². The van der Waals surface area contributed by atoms with Crippen LogP contribution in [0.25, 0.3) is 5.69 Å². The molecule has 2 aromatic heterocycles. The van der Waals surface area contributed by atoms with Crippen LogP contribution < -0.4 is 4.74 Å². The van der Waals surface area contributed by atoms with Gasteiger partial charge in [0.25, 0.3) is 5.91 Å². The zero-order valence-electron chi connectivity index (χ0n) is 20.5. The Bertz CT molecular complexity index is 1300. The summed E-state index contributed by atoms with van der Waals surface area (Å²) in [6, 6.07) is 15.4. The summed E-state index contributed by atoms with van der Waals surface area (Å²) in [4.78, 5) is 14.8. The van der Waals surface area contributed by atoms with E-state index in [0.29, 0.717) is 24.5 Å². The van der Waals surface area contributed by atoms with Crippen molar-refractivity contribution < 1.29 is 14.1 Å². The minimum Gasteiger partial charge on any atom is -0.489 e. The first-order chi connectivity index (χ1) is 16.3. The number of hydrogen-bond acceptors (Lipinski definition) is 5. The van der Waals surface area contributed by atoms with Crippen LogP contribution in [-0.2, 0) is 13.2 Å². The molecular formula is C27H30N4O3. The highest BCUT2D eigenvalue weighted by Gasteiger charge is 2.19. The Hall–Kier alpha value is -3.87. The summed E-state index contributed by atoms with van der Waals surface area (Å²) in [6.45, 7) is 10.7. The summed E-state index contributed by atoms with van der Waals surface area (Å²) in [5.41, 5.74) is 7.58. The topological polar surface area (TPSA) is 73.4 Å². The lowest BCUT2D eigenvalue weighted by molar-refractivity contribution is 0.0784. The van der Waals surface area contributed by atoms with Crippen molar-refractivity contribution in [3.05, 3.63) is 93.6 Å². The molecule has 0 radical (unpaired) electrons. The maximum atomic E-state index is 13.1. The van der Waals surface area contributed by atoms with Gasteiger partial charge in [0.2, 0.25) is 0 Å². The lowest BCUT2D eigenvalue weighted by Crippen LogP contribution is -2.26. The highest BCUT2D eigenvalue weighted by atomic mass is 16.5. The number of nitrogens with zero attached hydrogens (tertiary/aromatic N) is 4. The Balaban J connectivity index is 1.44. The number of carbonyl (C=O) groups excluding carboxylic acids is 1. The van der Waals surface area contributed by atoms with Crippen molar-refractivity contribution >= 4 is 5.91 Å². The number of aryl methyl sites for hydroxylation is 4. The molecule has 0 saturated carbocycles. The molecule has 0 N–H and O–H groups in total. The fourth-order valence-electron chi connectivity index (χ4n) is 4.03. The smallest absolute Gasteiger partial charge is 0.253 e. The van der Waals surface area contributed by atoms with Gasteiger partial charge in [0, 0.05) is 30.4 Å². The summed E-state index contributed by atoms with van der Waals surface area (Å²) in [5.74, 6) is 1.38. The molecule has 0 bridgehead atoms. The summed E-state index contributed by atoms with van der Waals surface area (Å²) in [6.07, 6.45) is 0. The quantitative estimate of drug-likeness (QED) is 0.378. The molecule has 0 aliphatic rings. The molecule has 7 heteroatoms. The van der Waals surface area contributed by atoms with Crippen LogP contribution in [-0.4, -0.2) is 32.8 Å². The Morgan fingerprint density at radius 2 is 1.68 bits per heavy atom. The van der Waals surface area contributed by atoms with E-state index in [1.807, 2.05) is 63.7 Å². The van der Waals surface area contributed by atoms with Crippen molar-refractivity contribution in [2.24, 2.45) is 0 Å². The second-order valence-electron chi connectivity index (χ2n) is 8.62. The first-order valence-corrected chi connectivity index (χ1v) is 11.3. The molecule has 0 spiro atoms. The number of carbonyl (C=O) groups is 1. The molecule has 4 aromatic rings. The monoisotopic (exact) mass is 458 g/mol. The van der Waals surface area contributed by atoms with E-state index in [2.05, 4.69) is 24.2 Å². The van der Waals surface area contributed by atoms with Crippen LogP contribution in [0.15, 0.2) is 53.1 Å². The first kappa shape index (κ1) is 23.3. The maximum absolute atomic E-state index is 13.1. The van der Waals surface area contributed by atoms with Gasteiger partial charge in [-0.05, 0) is 70.5 Å². The zero-order chi connectivity index (χ0) is 24.4. The van der Waals surface area contributed by atoms with E-state index in [-0.39, 0.29) is 5.91 Å². The molecule has 4 rings (SSSR count). The summed E-state index contributed by atoms with van der Waals surface area (Å²) in [5, 5.41) is 8.69. The first-order valence-electron chi connectivity index (χ1n) is 11.3. The van der Waals surface area contributed by atoms with Gasteiger partial charge < -0.3 is 14.2 Å². The van der Waals surface area contributed by atoms with Gasteiger partial charge in [-0.2, -0.15) is 5.10 Å². The number of ether oxygens (including phenoxy) is 1. The van der Waals surface area contributed by atoms with Crippen molar-refractivity contribution in [3.8, 4) is 11.4 Å². The molecule has 2 heterocycles. The highest BCUT2D eigenvalue weighted by molar-refractivity contribution is 5.94. The summed E-state index contributed by atoms with van der Waals surface area (Å²) < 4.78 is 13.0. The molecule has 0 unspecified atom stereocenters. The van der Waals surface area contributed by atoms with Crippen LogP contribution in [0.4, 0.5) is 0 Å². The minimum absolute atomic E-state index is 0.0558. The number of hydrogen-bond donors (Lipinski definition) is 0. The Kier molecular flexibility index (Phi) is 6.54. The van der Waals surface area contributed by atoms with Crippen LogP contribution in [0.2, 0.25) is 0 Å². The number of rotatable bonds is 7. The van der Waals surface area contributed by atoms with E-state index in [0.717, 1.165) is 45.2 Å². The fraction of sp³-hybridized carbons (Fsp3) is 0.296. The molecule has 0 aliphatic heterocycles. The molecule has 176 valence electrons. The average Bonchev–Trinajstić information content (AvgIpc) is 3.30. The summed E-state index contributed by atoms with van der Waals surface area (Å²) in [7, 11) is 1.81. The van der Waals surface area contributed by atoms with Gasteiger partial charge in [-0.15, -0.1) is 0 Å². The Morgan fingerprint density at radius 3 is 2.32 bits per heavy atom. The molecule has 1 amide bonds. The second kappa shape index (κ2) is 9.55. The minimum atomic E-state index is -0.0558. The lowest BCUT2D eigenvalue weighted by atomic mass is 10.1. The average molecular weight is 459 g/mol. The van der Waals surface area contributed by atoms with Crippen LogP contribution in [0.3, 0.4) is 0 Å². The number of para-hydroxylation sites is 1. The fourth-order valence-corrected chi connectivity index (χ4v) is 4.03. The molecule has 0 atom stereocenters. The van der Waals surface area contributed by atoms with Gasteiger partial charge in [0.1, 0.15) is 18.1 Å². The van der Waals surface area contributed by atoms with Crippen molar-refractivity contribution in [2.75, 3.05) is 7.05 Å². The molecule has 2 aromatic carbocycles. The van der Waals surface area contributed by atoms with Crippen molar-refractivity contribution in [1.29, 1.82) is 0 Å². The lowest BCUT2D eigenvalue weighted by Gasteiger charge is -2.18. The van der Waals surface area contributed by atoms with Gasteiger partial charge >= 0.3 is 0 Å². The van der Waals surface area contributed by atoms with Crippen molar-refractivity contribution in [3.63, 3.8) is 0 Å². The van der Waals surface area contributed by atoms with Gasteiger partial charge in [0.05, 0.1) is 22.6 Å². The third-order valence-corrected chi connectivity index (χ3v) is 6.19. The normalized spacial score (nSPS) is 11.0. The zero-order valence-corrected chi connectivity index (χ0v) is 20.5. The van der Waals surface area contributed by atoms with Gasteiger partial charge in [0.15, 0.2) is 0 Å². The van der Waals surface area contributed by atoms with E-state index >= 15 is 0 Å². The van der Waals surface area contributed by atoms with Gasteiger partial charge in [-0.25, -0.2) is 4.68 Å². The molecule has 0 aliphatic carbocycles. The second-order valence-corrected chi connectivity index (χ2v) is 8.62. The number of benzene rings is 2. The van der Waals surface area contributed by atoms with Crippen LogP contribution in [0, 0.1) is 34.6 Å². The third-order valence-electron chi connectivity index (χ3n) is 6.19. The molecular weight excluding hydrogens is 428 g/mol. The molecule has 34 heavy (non-hydrogen) atoms. The third kappa shape index (κ3) is 4.59. The van der Waals surface area contributed by atoms with E-state index in [9.17, 15) is 4.79 Å². The highest BCUT2D eigenvalue weighted by Crippen LogP contribution is 2.23. The van der Waals surface area contributed by atoms with Crippen LogP contribution >= 0.6 is 0 Å². The van der Waals surface area contributed by atoms with E-state index in [4.69, 9.17) is 14.4 Å². The Morgan fingerprint density at radius 1 is 0.971 bits per heavy atom.